The quantitative estimate of drug-likeness (QED) is 0.572. The summed E-state index contributed by atoms with van der Waals surface area (Å²) in [5.74, 6) is 1.66. The van der Waals surface area contributed by atoms with E-state index in [4.69, 9.17) is 9.47 Å². The molecule has 0 heterocycles. The molecular weight excluding hydrogens is 314 g/mol. The van der Waals surface area contributed by atoms with Crippen LogP contribution in [0, 0.1) is 0 Å². The Morgan fingerprint density at radius 2 is 1.68 bits per heavy atom. The third-order valence-corrected chi connectivity index (χ3v) is 3.74. The maximum absolute atomic E-state index is 5.39. The molecule has 0 saturated carbocycles. The van der Waals surface area contributed by atoms with Crippen LogP contribution in [0.4, 0.5) is 0 Å². The fourth-order valence-electron chi connectivity index (χ4n) is 2.45. The Labute approximate surface area is 150 Å². The van der Waals surface area contributed by atoms with Crippen molar-refractivity contribution in [1.82, 2.24) is 10.6 Å². The number of guanidine groups is 1. The van der Waals surface area contributed by atoms with Gasteiger partial charge in [0.15, 0.2) is 5.96 Å². The van der Waals surface area contributed by atoms with Crippen LogP contribution < -0.4 is 15.4 Å². The molecule has 2 rings (SSSR count). The first-order valence-electron chi connectivity index (χ1n) is 8.47. The van der Waals surface area contributed by atoms with Gasteiger partial charge in [0, 0.05) is 25.8 Å². The van der Waals surface area contributed by atoms with Crippen molar-refractivity contribution >= 4 is 5.96 Å². The van der Waals surface area contributed by atoms with E-state index in [9.17, 15) is 0 Å². The lowest BCUT2D eigenvalue weighted by Gasteiger charge is -2.13. The third-order valence-electron chi connectivity index (χ3n) is 3.74. The molecular formula is C20H27N3O2. The second-order valence-electron chi connectivity index (χ2n) is 5.61. The molecule has 0 aliphatic carbocycles. The van der Waals surface area contributed by atoms with Crippen molar-refractivity contribution in [1.29, 1.82) is 0 Å². The highest BCUT2D eigenvalue weighted by Gasteiger charge is 2.03. The maximum Gasteiger partial charge on any atom is 0.191 e. The second-order valence-corrected chi connectivity index (χ2v) is 5.61. The molecule has 0 radical (unpaired) electrons. The molecule has 0 atom stereocenters. The predicted molar refractivity (Wildman–Crippen MR) is 102 cm³/mol. The molecule has 5 heteroatoms. The molecule has 2 N–H and O–H groups in total. The van der Waals surface area contributed by atoms with E-state index in [1.807, 2.05) is 24.3 Å². The average Bonchev–Trinajstić information content (AvgIpc) is 2.65. The van der Waals surface area contributed by atoms with Crippen LogP contribution in [0.2, 0.25) is 0 Å². The zero-order valence-electron chi connectivity index (χ0n) is 15.2. The summed E-state index contributed by atoms with van der Waals surface area (Å²) in [6, 6.07) is 16.3. The molecule has 0 unspecified atom stereocenters. The van der Waals surface area contributed by atoms with Crippen LogP contribution in [0.5, 0.6) is 5.75 Å². The molecule has 0 aromatic heterocycles. The molecule has 5 nitrogen and oxygen atoms in total. The monoisotopic (exact) mass is 341 g/mol. The summed E-state index contributed by atoms with van der Waals surface area (Å²) < 4.78 is 10.5. The van der Waals surface area contributed by atoms with Crippen molar-refractivity contribution in [2.24, 2.45) is 4.99 Å². The number of para-hydroxylation sites is 1. The Balaban J connectivity index is 1.97. The van der Waals surface area contributed by atoms with Crippen LogP contribution in [0.25, 0.3) is 0 Å². The van der Waals surface area contributed by atoms with Gasteiger partial charge in [-0.1, -0.05) is 42.5 Å². The zero-order valence-corrected chi connectivity index (χ0v) is 15.2. The first-order chi connectivity index (χ1) is 12.3. The number of hydrogen-bond acceptors (Lipinski definition) is 3. The first-order valence-corrected chi connectivity index (χ1v) is 8.47. The summed E-state index contributed by atoms with van der Waals surface area (Å²) in [6.07, 6.45) is 0. The Morgan fingerprint density at radius 3 is 2.36 bits per heavy atom. The van der Waals surface area contributed by atoms with Crippen LogP contribution in [0.15, 0.2) is 53.5 Å². The van der Waals surface area contributed by atoms with Gasteiger partial charge >= 0.3 is 0 Å². The van der Waals surface area contributed by atoms with E-state index >= 15 is 0 Å². The van der Waals surface area contributed by atoms with Crippen LogP contribution in [0.1, 0.15) is 23.6 Å². The van der Waals surface area contributed by atoms with E-state index in [0.29, 0.717) is 19.7 Å². The Hall–Kier alpha value is -2.53. The Bertz CT molecular complexity index is 669. The number of nitrogens with one attached hydrogen (secondary N) is 2. The summed E-state index contributed by atoms with van der Waals surface area (Å²) >= 11 is 0. The van der Waals surface area contributed by atoms with Crippen molar-refractivity contribution in [3.05, 3.63) is 65.2 Å². The fourth-order valence-corrected chi connectivity index (χ4v) is 2.45. The van der Waals surface area contributed by atoms with E-state index in [0.717, 1.165) is 34.9 Å². The zero-order chi connectivity index (χ0) is 17.9. The number of nitrogens with zero attached hydrogens (tertiary/aromatic N) is 1. The first kappa shape index (κ1) is 18.8. The minimum atomic E-state index is 0.620. The molecule has 0 saturated heterocycles. The van der Waals surface area contributed by atoms with Crippen LogP contribution >= 0.6 is 0 Å². The van der Waals surface area contributed by atoms with E-state index in [1.165, 1.54) is 0 Å². The third kappa shape index (κ3) is 6.12. The van der Waals surface area contributed by atoms with Gasteiger partial charge in [-0.05, 0) is 24.1 Å². The van der Waals surface area contributed by atoms with Crippen molar-refractivity contribution in [2.75, 3.05) is 20.8 Å². The van der Waals surface area contributed by atoms with Crippen LogP contribution in [-0.4, -0.2) is 26.7 Å². The predicted octanol–water partition coefficient (Wildman–Crippen LogP) is 3.10. The van der Waals surface area contributed by atoms with Gasteiger partial charge in [-0.25, -0.2) is 4.99 Å². The topological polar surface area (TPSA) is 54.9 Å². The molecule has 25 heavy (non-hydrogen) atoms. The number of ether oxygens (including phenoxy) is 2. The minimum absolute atomic E-state index is 0.620. The summed E-state index contributed by atoms with van der Waals surface area (Å²) in [6.45, 7) is 4.77. The van der Waals surface area contributed by atoms with Gasteiger partial charge in [0.05, 0.1) is 20.3 Å². The molecule has 2 aromatic rings. The fraction of sp³-hybridized carbons (Fsp3) is 0.350. The van der Waals surface area contributed by atoms with Gasteiger partial charge in [-0.3, -0.25) is 0 Å². The number of aliphatic imine (C=N–C) groups is 1. The number of rotatable bonds is 8. The van der Waals surface area contributed by atoms with Crippen LogP contribution in [-0.2, 0) is 24.4 Å². The molecule has 0 aliphatic heterocycles. The van der Waals surface area contributed by atoms with E-state index in [-0.39, 0.29) is 0 Å². The molecule has 2 aromatic carbocycles. The maximum atomic E-state index is 5.39. The van der Waals surface area contributed by atoms with Crippen LogP contribution in [0.3, 0.4) is 0 Å². The lowest BCUT2D eigenvalue weighted by atomic mass is 10.1. The summed E-state index contributed by atoms with van der Waals surface area (Å²) in [5, 5.41) is 6.62. The van der Waals surface area contributed by atoms with Crippen molar-refractivity contribution in [3.8, 4) is 5.75 Å². The van der Waals surface area contributed by atoms with E-state index in [1.54, 1.807) is 14.2 Å². The number of benzene rings is 2. The van der Waals surface area contributed by atoms with Crippen molar-refractivity contribution < 1.29 is 9.47 Å². The molecule has 0 spiro atoms. The smallest absolute Gasteiger partial charge is 0.191 e. The highest BCUT2D eigenvalue weighted by Crippen LogP contribution is 2.16. The van der Waals surface area contributed by atoms with Crippen molar-refractivity contribution in [2.45, 2.75) is 26.6 Å². The lowest BCUT2D eigenvalue weighted by molar-refractivity contribution is 0.185. The minimum Gasteiger partial charge on any atom is -0.496 e. The molecule has 0 amide bonds. The Kier molecular flexibility index (Phi) is 7.79. The molecule has 0 fully saturated rings. The molecule has 0 aliphatic rings. The van der Waals surface area contributed by atoms with Gasteiger partial charge in [0.1, 0.15) is 5.75 Å². The molecule has 0 bridgehead atoms. The summed E-state index contributed by atoms with van der Waals surface area (Å²) in [5.41, 5.74) is 3.42. The normalized spacial score (nSPS) is 11.2. The van der Waals surface area contributed by atoms with E-state index in [2.05, 4.69) is 46.8 Å². The average molecular weight is 341 g/mol. The van der Waals surface area contributed by atoms with Gasteiger partial charge in [-0.15, -0.1) is 0 Å². The molecule has 134 valence electrons. The van der Waals surface area contributed by atoms with E-state index < -0.39 is 0 Å². The standard InChI is InChI=1S/C20H27N3O2/c1-4-21-20(23-14-18-7-5-6-8-19(18)25-3)22-13-16-9-11-17(12-10-16)15-24-2/h5-12H,4,13-15H2,1-3H3,(H2,21,22,23). The number of methoxy groups -OCH3 is 2. The van der Waals surface area contributed by atoms with Crippen molar-refractivity contribution in [3.63, 3.8) is 0 Å². The SMILES string of the molecule is CCNC(=NCc1ccc(COC)cc1)NCc1ccccc1OC. The summed E-state index contributed by atoms with van der Waals surface area (Å²) in [7, 11) is 3.39. The van der Waals surface area contributed by atoms with Gasteiger partial charge < -0.3 is 20.1 Å². The number of hydrogen-bond donors (Lipinski definition) is 2. The highest BCUT2D eigenvalue weighted by atomic mass is 16.5. The van der Waals surface area contributed by atoms with Gasteiger partial charge in [-0.2, -0.15) is 0 Å². The highest BCUT2D eigenvalue weighted by molar-refractivity contribution is 5.79. The lowest BCUT2D eigenvalue weighted by Crippen LogP contribution is -2.36. The summed E-state index contributed by atoms with van der Waals surface area (Å²) in [4.78, 5) is 4.65. The second kappa shape index (κ2) is 10.4. The largest absolute Gasteiger partial charge is 0.496 e. The van der Waals surface area contributed by atoms with Gasteiger partial charge in [0.2, 0.25) is 0 Å². The Morgan fingerprint density at radius 1 is 0.960 bits per heavy atom. The van der Waals surface area contributed by atoms with Gasteiger partial charge in [0.25, 0.3) is 0 Å².